The van der Waals surface area contributed by atoms with Crippen LogP contribution in [-0.2, 0) is 9.53 Å². The predicted molar refractivity (Wildman–Crippen MR) is 112 cm³/mol. The lowest BCUT2D eigenvalue weighted by molar-refractivity contribution is -0.128. The zero-order chi connectivity index (χ0) is 21.0. The zero-order valence-corrected chi connectivity index (χ0v) is 17.7. The fraction of sp³-hybridized carbons (Fsp3) is 0.478. The molecule has 6 heteroatoms. The molecule has 0 saturated carbocycles. The van der Waals surface area contributed by atoms with Gasteiger partial charge in [0.1, 0.15) is 5.82 Å². The molecule has 2 aromatic rings. The van der Waals surface area contributed by atoms with Crippen LogP contribution in [0.2, 0.25) is 0 Å². The smallest absolute Gasteiger partial charge is 0.246 e. The average molecular weight is 400 g/mol. The van der Waals surface area contributed by atoms with Gasteiger partial charge in [-0.05, 0) is 62.9 Å². The average Bonchev–Trinajstić information content (AvgIpc) is 2.99. The van der Waals surface area contributed by atoms with Crippen molar-refractivity contribution in [1.82, 2.24) is 14.7 Å². The number of carbonyl (C=O) groups is 1. The first-order valence-electron chi connectivity index (χ1n) is 10.3. The molecule has 1 aromatic carbocycles. The second-order valence-corrected chi connectivity index (χ2v) is 8.06. The van der Waals surface area contributed by atoms with Crippen LogP contribution < -0.4 is 0 Å². The minimum Gasteiger partial charge on any atom is -0.378 e. The minimum atomic E-state index is -0.278. The molecule has 5 nitrogen and oxygen atoms in total. The number of halogens is 1. The van der Waals surface area contributed by atoms with Crippen molar-refractivity contribution in [1.29, 1.82) is 0 Å². The molecule has 0 radical (unpaired) electrons. The third-order valence-corrected chi connectivity index (χ3v) is 5.23. The molecule has 0 aliphatic carbocycles. The van der Waals surface area contributed by atoms with Crippen LogP contribution in [0, 0.1) is 25.6 Å². The Morgan fingerprint density at radius 1 is 1.24 bits per heavy atom. The van der Waals surface area contributed by atoms with E-state index in [1.54, 1.807) is 22.9 Å². The predicted octanol–water partition coefficient (Wildman–Crippen LogP) is 4.31. The van der Waals surface area contributed by atoms with Gasteiger partial charge in [0.2, 0.25) is 5.91 Å². The lowest BCUT2D eigenvalue weighted by Gasteiger charge is -2.31. The summed E-state index contributed by atoms with van der Waals surface area (Å²) in [5.74, 6) is 0.264. The Morgan fingerprint density at radius 3 is 2.52 bits per heavy atom. The summed E-state index contributed by atoms with van der Waals surface area (Å²) < 4.78 is 20.9. The van der Waals surface area contributed by atoms with E-state index in [-0.39, 0.29) is 17.8 Å². The van der Waals surface area contributed by atoms with Gasteiger partial charge < -0.3 is 9.64 Å². The fourth-order valence-corrected chi connectivity index (χ4v) is 3.56. The summed E-state index contributed by atoms with van der Waals surface area (Å²) in [6, 6.07) is 6.22. The second kappa shape index (κ2) is 9.35. The SMILES string of the molecule is Cc1nn(-c2ccc(F)cc2)c(C)c1/C=C/C(=O)N1CCC(OCC(C)C)CC1. The van der Waals surface area contributed by atoms with Crippen molar-refractivity contribution in [3.63, 3.8) is 0 Å². The summed E-state index contributed by atoms with van der Waals surface area (Å²) in [7, 11) is 0. The summed E-state index contributed by atoms with van der Waals surface area (Å²) >= 11 is 0. The second-order valence-electron chi connectivity index (χ2n) is 8.06. The Hall–Kier alpha value is -2.47. The van der Waals surface area contributed by atoms with E-state index in [0.717, 1.165) is 55.2 Å². The molecule has 0 N–H and O–H groups in total. The van der Waals surface area contributed by atoms with Crippen molar-refractivity contribution in [2.75, 3.05) is 19.7 Å². The highest BCUT2D eigenvalue weighted by atomic mass is 19.1. The fourth-order valence-electron chi connectivity index (χ4n) is 3.56. The molecule has 0 unspecified atom stereocenters. The maximum atomic E-state index is 13.2. The molecule has 1 fully saturated rings. The molecular weight excluding hydrogens is 369 g/mol. The van der Waals surface area contributed by atoms with E-state index < -0.39 is 0 Å². The number of hydrogen-bond donors (Lipinski definition) is 0. The van der Waals surface area contributed by atoms with Crippen molar-refractivity contribution in [3.8, 4) is 5.69 Å². The number of carbonyl (C=O) groups excluding carboxylic acids is 1. The van der Waals surface area contributed by atoms with Crippen molar-refractivity contribution >= 4 is 12.0 Å². The topological polar surface area (TPSA) is 47.4 Å². The van der Waals surface area contributed by atoms with Crippen LogP contribution in [-0.4, -0.2) is 46.4 Å². The Balaban J connectivity index is 1.63. The zero-order valence-electron chi connectivity index (χ0n) is 17.7. The van der Waals surface area contributed by atoms with Gasteiger partial charge in [-0.3, -0.25) is 4.79 Å². The molecule has 1 aromatic heterocycles. The number of likely N-dealkylation sites (tertiary alicyclic amines) is 1. The highest BCUT2D eigenvalue weighted by Gasteiger charge is 2.22. The van der Waals surface area contributed by atoms with Gasteiger partial charge in [0.05, 0.1) is 17.5 Å². The quantitative estimate of drug-likeness (QED) is 0.680. The van der Waals surface area contributed by atoms with Gasteiger partial charge in [0, 0.05) is 37.0 Å². The molecule has 3 rings (SSSR count). The molecule has 0 bridgehead atoms. The van der Waals surface area contributed by atoms with E-state index in [2.05, 4.69) is 18.9 Å². The number of rotatable bonds is 6. The monoisotopic (exact) mass is 399 g/mol. The summed E-state index contributed by atoms with van der Waals surface area (Å²) in [6.07, 6.45) is 5.48. The van der Waals surface area contributed by atoms with E-state index in [1.165, 1.54) is 12.1 Å². The highest BCUT2D eigenvalue weighted by Crippen LogP contribution is 2.20. The normalized spacial score (nSPS) is 15.6. The lowest BCUT2D eigenvalue weighted by atomic mass is 10.1. The molecule has 1 aliphatic heterocycles. The van der Waals surface area contributed by atoms with Crippen molar-refractivity contribution in [2.24, 2.45) is 5.92 Å². The molecule has 29 heavy (non-hydrogen) atoms. The van der Waals surface area contributed by atoms with Gasteiger partial charge in [-0.25, -0.2) is 9.07 Å². The summed E-state index contributed by atoms with van der Waals surface area (Å²) in [4.78, 5) is 14.5. The first-order chi connectivity index (χ1) is 13.8. The van der Waals surface area contributed by atoms with E-state index >= 15 is 0 Å². The summed E-state index contributed by atoms with van der Waals surface area (Å²) in [5, 5.41) is 4.55. The van der Waals surface area contributed by atoms with Crippen LogP contribution in [0.3, 0.4) is 0 Å². The van der Waals surface area contributed by atoms with Crippen molar-refractivity contribution < 1.29 is 13.9 Å². The molecule has 0 atom stereocenters. The number of ether oxygens (including phenoxy) is 1. The molecule has 1 amide bonds. The largest absolute Gasteiger partial charge is 0.378 e. The number of piperidine rings is 1. The number of aromatic nitrogens is 2. The van der Waals surface area contributed by atoms with Gasteiger partial charge in [-0.1, -0.05) is 13.8 Å². The van der Waals surface area contributed by atoms with Crippen LogP contribution in [0.25, 0.3) is 11.8 Å². The Bertz CT molecular complexity index is 863. The molecule has 1 saturated heterocycles. The van der Waals surface area contributed by atoms with Crippen LogP contribution in [0.5, 0.6) is 0 Å². The third kappa shape index (κ3) is 5.32. The summed E-state index contributed by atoms with van der Waals surface area (Å²) in [5.41, 5.74) is 3.45. The maximum absolute atomic E-state index is 13.2. The van der Waals surface area contributed by atoms with Crippen molar-refractivity contribution in [3.05, 3.63) is 53.1 Å². The van der Waals surface area contributed by atoms with E-state index in [0.29, 0.717) is 5.92 Å². The van der Waals surface area contributed by atoms with Crippen LogP contribution in [0.1, 0.15) is 43.6 Å². The number of amides is 1. The van der Waals surface area contributed by atoms with E-state index in [4.69, 9.17) is 4.74 Å². The van der Waals surface area contributed by atoms with Gasteiger partial charge in [-0.15, -0.1) is 0 Å². The Morgan fingerprint density at radius 2 is 1.90 bits per heavy atom. The van der Waals surface area contributed by atoms with E-state index in [9.17, 15) is 9.18 Å². The van der Waals surface area contributed by atoms with E-state index in [1.807, 2.05) is 24.8 Å². The molecule has 0 spiro atoms. The molecule has 2 heterocycles. The van der Waals surface area contributed by atoms with Gasteiger partial charge in [-0.2, -0.15) is 5.10 Å². The number of benzene rings is 1. The van der Waals surface area contributed by atoms with Crippen LogP contribution in [0.4, 0.5) is 4.39 Å². The van der Waals surface area contributed by atoms with Crippen molar-refractivity contribution in [2.45, 2.75) is 46.6 Å². The number of hydrogen-bond acceptors (Lipinski definition) is 3. The third-order valence-electron chi connectivity index (χ3n) is 5.23. The summed E-state index contributed by atoms with van der Waals surface area (Å²) in [6.45, 7) is 10.4. The first-order valence-corrected chi connectivity index (χ1v) is 10.3. The Kier molecular flexibility index (Phi) is 6.85. The molecular formula is C23H30FN3O2. The molecule has 1 aliphatic rings. The lowest BCUT2D eigenvalue weighted by Crippen LogP contribution is -2.40. The van der Waals surface area contributed by atoms with Gasteiger partial charge >= 0.3 is 0 Å². The molecule has 156 valence electrons. The first kappa shape index (κ1) is 21.2. The standard InChI is InChI=1S/C23H30FN3O2/c1-16(2)15-29-21-11-13-26(14-12-21)23(28)10-9-22-17(3)25-27(18(22)4)20-7-5-19(24)6-8-20/h5-10,16,21H,11-15H2,1-4H3/b10-9+. The highest BCUT2D eigenvalue weighted by molar-refractivity contribution is 5.92. The number of aryl methyl sites for hydroxylation is 1. The minimum absolute atomic E-state index is 0.0145. The maximum Gasteiger partial charge on any atom is 0.246 e. The Labute approximate surface area is 172 Å². The van der Waals surface area contributed by atoms with Crippen LogP contribution in [0.15, 0.2) is 30.3 Å². The van der Waals surface area contributed by atoms with Gasteiger partial charge in [0.25, 0.3) is 0 Å². The van der Waals surface area contributed by atoms with Crippen LogP contribution >= 0.6 is 0 Å². The van der Waals surface area contributed by atoms with Gasteiger partial charge in [0.15, 0.2) is 0 Å². The number of nitrogens with zero attached hydrogens (tertiary/aromatic N) is 3.